The number of amides is 1. The largest absolute Gasteiger partial charge is 0.444 e. The summed E-state index contributed by atoms with van der Waals surface area (Å²) in [6.45, 7) is 5.34. The third-order valence-corrected chi connectivity index (χ3v) is 2.91. The highest BCUT2D eigenvalue weighted by Gasteiger charge is 2.31. The number of ether oxygens (including phenoxy) is 2. The van der Waals surface area contributed by atoms with E-state index in [1.807, 2.05) is 0 Å². The summed E-state index contributed by atoms with van der Waals surface area (Å²) in [5.41, 5.74) is -0.0309. The first-order valence-electron chi connectivity index (χ1n) is 5.86. The Morgan fingerprint density at radius 3 is 2.00 bits per heavy atom. The van der Waals surface area contributed by atoms with Gasteiger partial charge in [-0.1, -0.05) is 0 Å². The highest BCUT2D eigenvalue weighted by molar-refractivity contribution is 9.40. The monoisotopic (exact) mass is 485 g/mol. The van der Waals surface area contributed by atoms with Gasteiger partial charge in [-0.25, -0.2) is 9.59 Å². The summed E-state index contributed by atoms with van der Waals surface area (Å²) in [4.78, 5) is 23.2. The van der Waals surface area contributed by atoms with E-state index in [1.165, 1.54) is 0 Å². The Balaban J connectivity index is 2.63. The average molecular weight is 488 g/mol. The lowest BCUT2D eigenvalue weighted by Gasteiger charge is -2.19. The van der Waals surface area contributed by atoms with Gasteiger partial charge >= 0.3 is 12.1 Å². The Morgan fingerprint density at radius 2 is 1.57 bits per heavy atom. The summed E-state index contributed by atoms with van der Waals surface area (Å²) >= 11 is 9.19. The second-order valence-corrected chi connectivity index (χ2v) is 11.8. The van der Waals surface area contributed by atoms with E-state index < -0.39 is 19.8 Å². The molecule has 116 valence electrons. The van der Waals surface area contributed by atoms with Crippen LogP contribution in [0.15, 0.2) is 24.3 Å². The maximum atomic E-state index is 11.6. The lowest BCUT2D eigenvalue weighted by molar-refractivity contribution is -0.132. The number of hydrogen-bond donors (Lipinski definition) is 1. The molecule has 1 rings (SSSR count). The van der Waals surface area contributed by atoms with Crippen LogP contribution in [0, 0.1) is 0 Å². The van der Waals surface area contributed by atoms with E-state index in [-0.39, 0.29) is 0 Å². The second kappa shape index (κ2) is 7.11. The van der Waals surface area contributed by atoms with Crippen LogP contribution in [-0.2, 0) is 9.53 Å². The standard InChI is InChI=1S/C13H14Br3NO4/c1-12(2,3)21-11(19)17-8-4-6-9(7-5-8)20-10(18)13(14,15)16/h4-7H,1-3H3,(H,17,19). The minimum Gasteiger partial charge on any atom is -0.444 e. The molecule has 1 amide bonds. The van der Waals surface area contributed by atoms with E-state index in [4.69, 9.17) is 9.47 Å². The smallest absolute Gasteiger partial charge is 0.412 e. The third-order valence-electron chi connectivity index (χ3n) is 1.94. The van der Waals surface area contributed by atoms with Gasteiger partial charge in [-0.3, -0.25) is 5.32 Å². The van der Waals surface area contributed by atoms with Gasteiger partial charge < -0.3 is 9.47 Å². The molecule has 0 aliphatic carbocycles. The molecule has 1 N–H and O–H groups in total. The molecular formula is C13H14Br3NO4. The molecule has 8 heteroatoms. The van der Waals surface area contributed by atoms with Crippen molar-refractivity contribution in [3.8, 4) is 5.75 Å². The van der Waals surface area contributed by atoms with Gasteiger partial charge in [-0.05, 0) is 92.8 Å². The van der Waals surface area contributed by atoms with Crippen LogP contribution in [0.4, 0.5) is 10.5 Å². The number of esters is 1. The number of rotatable bonds is 2. The highest BCUT2D eigenvalue weighted by Crippen LogP contribution is 2.35. The van der Waals surface area contributed by atoms with Gasteiger partial charge in [0, 0.05) is 5.69 Å². The van der Waals surface area contributed by atoms with E-state index >= 15 is 0 Å². The zero-order valence-electron chi connectivity index (χ0n) is 11.6. The number of carbonyl (C=O) groups is 2. The summed E-state index contributed by atoms with van der Waals surface area (Å²) in [5.74, 6) is -0.215. The van der Waals surface area contributed by atoms with Crippen LogP contribution in [0.5, 0.6) is 5.75 Å². The van der Waals surface area contributed by atoms with Crippen molar-refractivity contribution in [2.24, 2.45) is 0 Å². The molecule has 0 heterocycles. The lowest BCUT2D eigenvalue weighted by Crippen LogP contribution is -2.27. The Morgan fingerprint density at radius 1 is 1.05 bits per heavy atom. The summed E-state index contributed by atoms with van der Waals surface area (Å²) in [7, 11) is 0. The summed E-state index contributed by atoms with van der Waals surface area (Å²) in [5, 5.41) is 2.58. The average Bonchev–Trinajstić information content (AvgIpc) is 2.27. The van der Waals surface area contributed by atoms with Gasteiger partial charge in [0.1, 0.15) is 11.4 Å². The van der Waals surface area contributed by atoms with Gasteiger partial charge in [0.05, 0.1) is 0 Å². The number of nitrogens with one attached hydrogen (secondary N) is 1. The van der Waals surface area contributed by atoms with Crippen molar-refractivity contribution < 1.29 is 19.1 Å². The number of alkyl halides is 3. The van der Waals surface area contributed by atoms with Crippen LogP contribution in [0.3, 0.4) is 0 Å². The first kappa shape index (κ1) is 18.4. The number of benzene rings is 1. The van der Waals surface area contributed by atoms with Gasteiger partial charge in [0.2, 0.25) is 2.14 Å². The summed E-state index contributed by atoms with van der Waals surface area (Å²) < 4.78 is 9.10. The van der Waals surface area contributed by atoms with Crippen molar-refractivity contribution in [2.75, 3.05) is 5.32 Å². The minimum absolute atomic E-state index is 0.345. The molecule has 0 aliphatic rings. The molecule has 0 bridgehead atoms. The van der Waals surface area contributed by atoms with E-state index in [0.717, 1.165) is 0 Å². The Kier molecular flexibility index (Phi) is 6.24. The van der Waals surface area contributed by atoms with Crippen molar-refractivity contribution in [1.82, 2.24) is 0 Å². The first-order valence-corrected chi connectivity index (χ1v) is 8.24. The van der Waals surface area contributed by atoms with Gasteiger partial charge in [0.15, 0.2) is 0 Å². The Bertz CT molecular complexity index is 518. The molecule has 1 aromatic rings. The molecule has 1 aromatic carbocycles. The Labute approximate surface area is 148 Å². The predicted octanol–water partition coefficient (Wildman–Crippen LogP) is 4.78. The quantitative estimate of drug-likeness (QED) is 0.370. The van der Waals surface area contributed by atoms with Crippen LogP contribution in [0.2, 0.25) is 0 Å². The van der Waals surface area contributed by atoms with Crippen molar-refractivity contribution in [1.29, 1.82) is 0 Å². The van der Waals surface area contributed by atoms with E-state index in [1.54, 1.807) is 45.0 Å². The van der Waals surface area contributed by atoms with Gasteiger partial charge in [-0.2, -0.15) is 0 Å². The maximum absolute atomic E-state index is 11.6. The topological polar surface area (TPSA) is 64.6 Å². The second-order valence-electron chi connectivity index (χ2n) is 5.04. The lowest BCUT2D eigenvalue weighted by atomic mass is 10.2. The molecule has 0 saturated heterocycles. The van der Waals surface area contributed by atoms with Crippen molar-refractivity contribution in [3.63, 3.8) is 0 Å². The fourth-order valence-electron chi connectivity index (χ4n) is 1.19. The fraction of sp³-hybridized carbons (Fsp3) is 0.385. The molecule has 0 aromatic heterocycles. The van der Waals surface area contributed by atoms with E-state index in [9.17, 15) is 9.59 Å². The predicted molar refractivity (Wildman–Crippen MR) is 91.4 cm³/mol. The summed E-state index contributed by atoms with van der Waals surface area (Å²) in [6.07, 6.45) is -0.548. The van der Waals surface area contributed by atoms with E-state index in [2.05, 4.69) is 53.1 Å². The normalized spacial score (nSPS) is 11.7. The molecule has 0 unspecified atom stereocenters. The number of halogens is 3. The molecular weight excluding hydrogens is 474 g/mol. The van der Waals surface area contributed by atoms with Crippen LogP contribution in [0.25, 0.3) is 0 Å². The highest BCUT2D eigenvalue weighted by atomic mass is 80.0. The van der Waals surface area contributed by atoms with E-state index in [0.29, 0.717) is 11.4 Å². The molecule has 0 radical (unpaired) electrons. The zero-order chi connectivity index (χ0) is 16.3. The Hall–Kier alpha value is -0.600. The molecule has 21 heavy (non-hydrogen) atoms. The maximum Gasteiger partial charge on any atom is 0.412 e. The number of hydrogen-bond acceptors (Lipinski definition) is 4. The summed E-state index contributed by atoms with van der Waals surface area (Å²) in [6, 6.07) is 6.32. The first-order chi connectivity index (χ1) is 9.47. The van der Waals surface area contributed by atoms with Gasteiger partial charge in [-0.15, -0.1) is 0 Å². The molecule has 0 atom stereocenters. The number of carbonyl (C=O) groups excluding carboxylic acids is 2. The molecule has 5 nitrogen and oxygen atoms in total. The molecule has 0 fully saturated rings. The van der Waals surface area contributed by atoms with Crippen molar-refractivity contribution in [3.05, 3.63) is 24.3 Å². The molecule has 0 aliphatic heterocycles. The van der Waals surface area contributed by atoms with Crippen molar-refractivity contribution >= 4 is 65.5 Å². The van der Waals surface area contributed by atoms with Crippen LogP contribution >= 0.6 is 47.8 Å². The van der Waals surface area contributed by atoms with Crippen LogP contribution < -0.4 is 10.1 Å². The fourth-order valence-corrected chi connectivity index (χ4v) is 1.44. The molecule has 0 spiro atoms. The van der Waals surface area contributed by atoms with Crippen LogP contribution in [0.1, 0.15) is 20.8 Å². The van der Waals surface area contributed by atoms with Crippen LogP contribution in [-0.4, -0.2) is 19.8 Å². The minimum atomic E-state index is -1.12. The SMILES string of the molecule is CC(C)(C)OC(=O)Nc1ccc(OC(=O)C(Br)(Br)Br)cc1. The number of anilines is 1. The third kappa shape index (κ3) is 7.28. The van der Waals surface area contributed by atoms with Gasteiger partial charge in [0.25, 0.3) is 0 Å². The van der Waals surface area contributed by atoms with Crippen molar-refractivity contribution in [2.45, 2.75) is 28.5 Å². The molecule has 0 saturated carbocycles. The zero-order valence-corrected chi connectivity index (χ0v) is 16.3.